The van der Waals surface area contributed by atoms with Crippen LogP contribution in [0.4, 0.5) is 0 Å². The summed E-state index contributed by atoms with van der Waals surface area (Å²) in [5.74, 6) is 2.07. The van der Waals surface area contributed by atoms with Gasteiger partial charge in [-0.25, -0.2) is 14.6 Å². The molecule has 2 fully saturated rings. The fourth-order valence-electron chi connectivity index (χ4n) is 3.73. The van der Waals surface area contributed by atoms with Crippen molar-refractivity contribution < 1.29 is 0 Å². The van der Waals surface area contributed by atoms with Crippen LogP contribution >= 0.6 is 0 Å². The zero-order valence-corrected chi connectivity index (χ0v) is 16.6. The van der Waals surface area contributed by atoms with Crippen LogP contribution in [0, 0.1) is 5.92 Å². The first-order valence-electron chi connectivity index (χ1n) is 10.0. The predicted molar refractivity (Wildman–Crippen MR) is 105 cm³/mol. The Morgan fingerprint density at radius 3 is 2.41 bits per heavy atom. The second-order valence-corrected chi connectivity index (χ2v) is 9.13. The first-order chi connectivity index (χ1) is 12.9. The summed E-state index contributed by atoms with van der Waals surface area (Å²) in [5.41, 5.74) is 2.07. The van der Waals surface area contributed by atoms with Crippen molar-refractivity contribution in [1.82, 2.24) is 24.6 Å². The number of rotatable bonds is 5. The summed E-state index contributed by atoms with van der Waals surface area (Å²) in [4.78, 5) is 23.6. The van der Waals surface area contributed by atoms with Gasteiger partial charge in [0.25, 0.3) is 5.56 Å². The quantitative estimate of drug-likeness (QED) is 0.813. The minimum atomic E-state index is -0.0489. The molecule has 0 bridgehead atoms. The predicted octanol–water partition coefficient (Wildman–Crippen LogP) is 2.73. The maximum Gasteiger partial charge on any atom is 0.266 e. The Morgan fingerprint density at radius 2 is 1.81 bits per heavy atom. The second kappa shape index (κ2) is 7.15. The van der Waals surface area contributed by atoms with Crippen LogP contribution in [0.25, 0.3) is 0 Å². The molecule has 0 radical (unpaired) electrons. The smallest absolute Gasteiger partial charge is 0.266 e. The topological polar surface area (TPSA) is 63.9 Å². The summed E-state index contributed by atoms with van der Waals surface area (Å²) >= 11 is 0. The number of likely N-dealkylation sites (tertiary alicyclic amines) is 1. The van der Waals surface area contributed by atoms with E-state index in [1.165, 1.54) is 24.8 Å². The van der Waals surface area contributed by atoms with Crippen molar-refractivity contribution in [3.63, 3.8) is 0 Å². The lowest BCUT2D eigenvalue weighted by molar-refractivity contribution is 0.0761. The van der Waals surface area contributed by atoms with Crippen molar-refractivity contribution >= 4 is 0 Å². The zero-order chi connectivity index (χ0) is 19.0. The fourth-order valence-corrected chi connectivity index (χ4v) is 3.73. The van der Waals surface area contributed by atoms with Crippen LogP contribution in [0.15, 0.2) is 29.3 Å². The highest BCUT2D eigenvalue weighted by Crippen LogP contribution is 2.34. The van der Waals surface area contributed by atoms with Crippen molar-refractivity contribution in [3.8, 4) is 0 Å². The largest absolute Gasteiger partial charge is 0.298 e. The first kappa shape index (κ1) is 18.3. The van der Waals surface area contributed by atoms with E-state index in [9.17, 15) is 4.79 Å². The Kier molecular flexibility index (Phi) is 4.84. The first-order valence-corrected chi connectivity index (χ1v) is 10.0. The summed E-state index contributed by atoms with van der Waals surface area (Å²) in [7, 11) is 0. The maximum atomic E-state index is 12.1. The van der Waals surface area contributed by atoms with Crippen LogP contribution in [-0.4, -0.2) is 37.7 Å². The molecule has 0 spiro atoms. The van der Waals surface area contributed by atoms with E-state index in [0.29, 0.717) is 18.4 Å². The zero-order valence-electron chi connectivity index (χ0n) is 16.6. The summed E-state index contributed by atoms with van der Waals surface area (Å²) in [6, 6.07) is 3.49. The van der Waals surface area contributed by atoms with Crippen LogP contribution in [0.5, 0.6) is 0 Å². The Balaban J connectivity index is 1.30. The van der Waals surface area contributed by atoms with Gasteiger partial charge in [-0.15, -0.1) is 0 Å². The second-order valence-electron chi connectivity index (χ2n) is 9.13. The van der Waals surface area contributed by atoms with E-state index in [1.807, 2.05) is 18.5 Å². The standard InChI is InChI=1S/C21H29N5O/c1-21(2,3)18-7-8-19(27)26(24-18)14-16-12-25(13-16)11-15-9-22-20(23-10-15)17-5-4-6-17/h7-10,16-17H,4-6,11-14H2,1-3H3. The molecule has 2 aromatic rings. The molecular weight excluding hydrogens is 338 g/mol. The van der Waals surface area contributed by atoms with Gasteiger partial charge in [0.1, 0.15) is 5.82 Å². The Morgan fingerprint density at radius 1 is 1.11 bits per heavy atom. The molecule has 4 rings (SSSR count). The molecular formula is C21H29N5O. The minimum Gasteiger partial charge on any atom is -0.298 e. The highest BCUT2D eigenvalue weighted by Gasteiger charge is 2.28. The van der Waals surface area contributed by atoms with Gasteiger partial charge < -0.3 is 0 Å². The SMILES string of the molecule is CC(C)(C)c1ccc(=O)n(CC2CN(Cc3cnc(C4CCC4)nc3)C2)n1. The highest BCUT2D eigenvalue weighted by atomic mass is 16.1. The Labute approximate surface area is 160 Å². The molecule has 1 saturated carbocycles. The van der Waals surface area contributed by atoms with E-state index in [1.54, 1.807) is 10.7 Å². The van der Waals surface area contributed by atoms with Crippen molar-refractivity contribution in [1.29, 1.82) is 0 Å². The van der Waals surface area contributed by atoms with E-state index in [4.69, 9.17) is 0 Å². The van der Waals surface area contributed by atoms with Crippen LogP contribution < -0.4 is 5.56 Å². The van der Waals surface area contributed by atoms with Gasteiger partial charge in [-0.3, -0.25) is 9.69 Å². The summed E-state index contributed by atoms with van der Waals surface area (Å²) < 4.78 is 1.64. The monoisotopic (exact) mass is 367 g/mol. The average molecular weight is 367 g/mol. The molecule has 144 valence electrons. The summed E-state index contributed by atoms with van der Waals surface area (Å²) in [5, 5.41) is 4.58. The van der Waals surface area contributed by atoms with Gasteiger partial charge in [-0.05, 0) is 18.9 Å². The van der Waals surface area contributed by atoms with E-state index in [0.717, 1.165) is 31.2 Å². The van der Waals surface area contributed by atoms with Crippen molar-refractivity contribution in [2.45, 2.75) is 64.5 Å². The third-order valence-corrected chi connectivity index (χ3v) is 5.70. The molecule has 6 nitrogen and oxygen atoms in total. The minimum absolute atomic E-state index is 0.0126. The third-order valence-electron chi connectivity index (χ3n) is 5.70. The van der Waals surface area contributed by atoms with Crippen molar-refractivity contribution in [2.24, 2.45) is 5.92 Å². The number of hydrogen-bond donors (Lipinski definition) is 0. The molecule has 0 unspecified atom stereocenters. The van der Waals surface area contributed by atoms with Gasteiger partial charge in [-0.2, -0.15) is 5.10 Å². The van der Waals surface area contributed by atoms with Gasteiger partial charge in [0.05, 0.1) is 12.2 Å². The molecule has 0 aromatic carbocycles. The maximum absolute atomic E-state index is 12.1. The molecule has 1 saturated heterocycles. The van der Waals surface area contributed by atoms with Crippen LogP contribution in [0.2, 0.25) is 0 Å². The van der Waals surface area contributed by atoms with Crippen LogP contribution in [0.1, 0.15) is 63.0 Å². The molecule has 2 aliphatic rings. The molecule has 1 aliphatic heterocycles. The van der Waals surface area contributed by atoms with Crippen molar-refractivity contribution in [2.75, 3.05) is 13.1 Å². The van der Waals surface area contributed by atoms with Gasteiger partial charge >= 0.3 is 0 Å². The van der Waals surface area contributed by atoms with Crippen molar-refractivity contribution in [3.05, 3.63) is 52.0 Å². The molecule has 3 heterocycles. The molecule has 1 aliphatic carbocycles. The van der Waals surface area contributed by atoms with E-state index < -0.39 is 0 Å². The van der Waals surface area contributed by atoms with Crippen LogP contribution in [0.3, 0.4) is 0 Å². The van der Waals surface area contributed by atoms with E-state index >= 15 is 0 Å². The molecule has 0 N–H and O–H groups in total. The molecule has 0 atom stereocenters. The fraction of sp³-hybridized carbons (Fsp3) is 0.619. The van der Waals surface area contributed by atoms with Gasteiger partial charge in [0.2, 0.25) is 0 Å². The normalized spacial score (nSPS) is 18.9. The summed E-state index contributed by atoms with van der Waals surface area (Å²) in [6.07, 6.45) is 7.73. The number of nitrogens with zero attached hydrogens (tertiary/aromatic N) is 5. The average Bonchev–Trinajstić information content (AvgIpc) is 2.53. The summed E-state index contributed by atoms with van der Waals surface area (Å²) in [6.45, 7) is 9.90. The lowest BCUT2D eigenvalue weighted by Gasteiger charge is -2.39. The third kappa shape index (κ3) is 4.10. The van der Waals surface area contributed by atoms with E-state index in [-0.39, 0.29) is 11.0 Å². The highest BCUT2D eigenvalue weighted by molar-refractivity contribution is 5.11. The molecule has 0 amide bonds. The number of hydrogen-bond acceptors (Lipinski definition) is 5. The van der Waals surface area contributed by atoms with Crippen LogP contribution in [-0.2, 0) is 18.5 Å². The lowest BCUT2D eigenvalue weighted by Crippen LogP contribution is -2.49. The molecule has 27 heavy (non-hydrogen) atoms. The number of aromatic nitrogens is 4. The lowest BCUT2D eigenvalue weighted by atomic mass is 9.85. The van der Waals surface area contributed by atoms with Gasteiger partial charge in [0, 0.05) is 60.9 Å². The van der Waals surface area contributed by atoms with E-state index in [2.05, 4.69) is 40.7 Å². The van der Waals surface area contributed by atoms with Gasteiger partial charge in [-0.1, -0.05) is 27.2 Å². The molecule has 2 aromatic heterocycles. The Bertz CT molecular complexity index is 842. The van der Waals surface area contributed by atoms with Gasteiger partial charge in [0.15, 0.2) is 0 Å². The molecule has 6 heteroatoms. The Hall–Kier alpha value is -2.08.